The van der Waals surface area contributed by atoms with Gasteiger partial charge in [0.2, 0.25) is 17.5 Å². The maximum atomic E-state index is 13.1. The zero-order valence-corrected chi connectivity index (χ0v) is 17.8. The van der Waals surface area contributed by atoms with Gasteiger partial charge in [0.25, 0.3) is 5.91 Å². The van der Waals surface area contributed by atoms with Crippen molar-refractivity contribution in [1.82, 2.24) is 19.3 Å². The standard InChI is InChI=1S/C18H19BrN4O6/c1-8(24)21-14-12(23-11(16(21)27)5-6-13(23)19)7-18(29-10(3)26)15(14)22(9(2)25)17(28)20(18)4/h5-6,12,14-15H,7H2,1-4H3/t12-,14-,15+,18+/m1/s1. The number of urea groups is 1. The van der Waals surface area contributed by atoms with Crippen molar-refractivity contribution in [3.8, 4) is 0 Å². The Morgan fingerprint density at radius 1 is 1.10 bits per heavy atom. The van der Waals surface area contributed by atoms with Crippen molar-refractivity contribution in [3.05, 3.63) is 22.4 Å². The number of imide groups is 2. The predicted molar refractivity (Wildman–Crippen MR) is 100 cm³/mol. The van der Waals surface area contributed by atoms with Crippen LogP contribution in [0.5, 0.6) is 0 Å². The number of fused-ring (bicyclic) bond motifs is 5. The summed E-state index contributed by atoms with van der Waals surface area (Å²) >= 11 is 3.43. The molecule has 10 nitrogen and oxygen atoms in total. The SMILES string of the molecule is CC(=O)O[C@@]12C[C@@H]3[C@H]([C@@H]1N(C(C)=O)C(=O)N2C)N(C(C)=O)C(=O)c1ccc(Br)n13. The van der Waals surface area contributed by atoms with Crippen molar-refractivity contribution < 1.29 is 28.7 Å². The summed E-state index contributed by atoms with van der Waals surface area (Å²) in [5.74, 6) is -2.24. The van der Waals surface area contributed by atoms with Crippen molar-refractivity contribution in [3.63, 3.8) is 0 Å². The number of hydrogen-bond acceptors (Lipinski definition) is 6. The van der Waals surface area contributed by atoms with Gasteiger partial charge in [0.05, 0.1) is 16.7 Å². The van der Waals surface area contributed by atoms with E-state index in [9.17, 15) is 24.0 Å². The number of amides is 5. The summed E-state index contributed by atoms with van der Waals surface area (Å²) in [7, 11) is 1.45. The summed E-state index contributed by atoms with van der Waals surface area (Å²) in [5.41, 5.74) is -1.20. The van der Waals surface area contributed by atoms with E-state index in [1.54, 1.807) is 16.7 Å². The summed E-state index contributed by atoms with van der Waals surface area (Å²) in [6.45, 7) is 3.70. The Labute approximate surface area is 174 Å². The highest BCUT2D eigenvalue weighted by Crippen LogP contribution is 2.54. The van der Waals surface area contributed by atoms with Gasteiger partial charge < -0.3 is 9.30 Å². The molecule has 0 N–H and O–H groups in total. The maximum absolute atomic E-state index is 13.1. The van der Waals surface area contributed by atoms with Crippen LogP contribution in [0.3, 0.4) is 0 Å². The van der Waals surface area contributed by atoms with Crippen LogP contribution in [0.15, 0.2) is 16.7 Å². The fourth-order valence-corrected chi connectivity index (χ4v) is 5.59. The van der Waals surface area contributed by atoms with Crippen LogP contribution in [-0.4, -0.2) is 73.8 Å². The molecule has 1 aromatic heterocycles. The average Bonchev–Trinajstić information content (AvgIpc) is 3.19. The Hall–Kier alpha value is -2.69. The normalized spacial score (nSPS) is 30.2. The van der Waals surface area contributed by atoms with Crippen LogP contribution >= 0.6 is 15.9 Å². The number of halogens is 1. The second-order valence-corrected chi connectivity index (χ2v) is 8.29. The molecule has 3 heterocycles. The van der Waals surface area contributed by atoms with Crippen LogP contribution in [-0.2, 0) is 19.1 Å². The lowest BCUT2D eigenvalue weighted by Crippen LogP contribution is -2.61. The van der Waals surface area contributed by atoms with Crippen LogP contribution in [0, 0.1) is 0 Å². The predicted octanol–water partition coefficient (Wildman–Crippen LogP) is 1.11. The summed E-state index contributed by atoms with van der Waals surface area (Å²) in [6.07, 6.45) is 0.116. The number of nitrogens with zero attached hydrogens (tertiary/aromatic N) is 4. The number of carbonyl (C=O) groups is 5. The van der Waals surface area contributed by atoms with Crippen molar-refractivity contribution >= 4 is 45.7 Å². The van der Waals surface area contributed by atoms with Gasteiger partial charge in [0.1, 0.15) is 11.7 Å². The van der Waals surface area contributed by atoms with Crippen molar-refractivity contribution in [2.75, 3.05) is 7.05 Å². The molecular weight excluding hydrogens is 448 g/mol. The quantitative estimate of drug-likeness (QED) is 0.573. The molecular formula is C18H19BrN4O6. The van der Waals surface area contributed by atoms with E-state index in [1.165, 1.54) is 32.7 Å². The summed E-state index contributed by atoms with van der Waals surface area (Å²) in [5, 5.41) is 0. The van der Waals surface area contributed by atoms with E-state index >= 15 is 0 Å². The van der Waals surface area contributed by atoms with E-state index in [2.05, 4.69) is 15.9 Å². The van der Waals surface area contributed by atoms with Gasteiger partial charge in [0, 0.05) is 34.2 Å². The molecule has 0 unspecified atom stereocenters. The smallest absolute Gasteiger partial charge is 0.330 e. The summed E-state index contributed by atoms with van der Waals surface area (Å²) in [6, 6.07) is 0.240. The molecule has 2 fully saturated rings. The third-order valence-electron chi connectivity index (χ3n) is 5.96. The van der Waals surface area contributed by atoms with E-state index in [4.69, 9.17) is 4.74 Å². The summed E-state index contributed by atoms with van der Waals surface area (Å²) < 4.78 is 8.01. The van der Waals surface area contributed by atoms with Crippen molar-refractivity contribution in [2.24, 2.45) is 0 Å². The Kier molecular flexibility index (Phi) is 4.16. The van der Waals surface area contributed by atoms with Crippen molar-refractivity contribution in [1.29, 1.82) is 0 Å². The first kappa shape index (κ1) is 19.6. The minimum absolute atomic E-state index is 0.116. The molecule has 5 amide bonds. The van der Waals surface area contributed by atoms with Gasteiger partial charge in [-0.2, -0.15) is 0 Å². The van der Waals surface area contributed by atoms with E-state index < -0.39 is 53.6 Å². The van der Waals surface area contributed by atoms with E-state index in [0.717, 1.165) is 9.80 Å². The minimum Gasteiger partial charge on any atom is -0.436 e. The number of rotatable bonds is 1. The second kappa shape index (κ2) is 6.15. The number of hydrogen-bond donors (Lipinski definition) is 0. The largest absolute Gasteiger partial charge is 0.436 e. The highest BCUT2D eigenvalue weighted by atomic mass is 79.9. The lowest BCUT2D eigenvalue weighted by atomic mass is 10.0. The Morgan fingerprint density at radius 3 is 2.28 bits per heavy atom. The maximum Gasteiger partial charge on any atom is 0.330 e. The van der Waals surface area contributed by atoms with E-state index in [1.807, 2.05) is 0 Å². The first-order chi connectivity index (χ1) is 13.5. The molecule has 4 rings (SSSR count). The van der Waals surface area contributed by atoms with Gasteiger partial charge in [-0.05, 0) is 28.1 Å². The van der Waals surface area contributed by atoms with E-state index in [-0.39, 0.29) is 6.42 Å². The number of likely N-dealkylation sites (N-methyl/N-ethyl adjacent to an activating group) is 1. The topological polar surface area (TPSA) is 109 Å². The highest BCUT2D eigenvalue weighted by Gasteiger charge is 2.72. The first-order valence-electron chi connectivity index (χ1n) is 9.01. The molecule has 4 atom stereocenters. The molecule has 1 aromatic rings. The lowest BCUT2D eigenvalue weighted by molar-refractivity contribution is -0.174. The number of carbonyl (C=O) groups excluding carboxylic acids is 5. The molecule has 0 aromatic carbocycles. The number of ether oxygens (including phenoxy) is 1. The zero-order valence-electron chi connectivity index (χ0n) is 16.2. The van der Waals surface area contributed by atoms with Crippen molar-refractivity contribution in [2.45, 2.75) is 51.0 Å². The molecule has 29 heavy (non-hydrogen) atoms. The van der Waals surface area contributed by atoms with Gasteiger partial charge in [-0.1, -0.05) is 0 Å². The Balaban J connectivity index is 1.99. The molecule has 0 radical (unpaired) electrons. The third kappa shape index (κ3) is 2.36. The molecule has 154 valence electrons. The first-order valence-corrected chi connectivity index (χ1v) is 9.80. The third-order valence-corrected chi connectivity index (χ3v) is 6.60. The van der Waals surface area contributed by atoms with Gasteiger partial charge in [-0.25, -0.2) is 4.79 Å². The van der Waals surface area contributed by atoms with Crippen LogP contribution in [0.2, 0.25) is 0 Å². The van der Waals surface area contributed by atoms with Gasteiger partial charge >= 0.3 is 12.0 Å². The molecule has 11 heteroatoms. The average molecular weight is 467 g/mol. The fraction of sp³-hybridized carbons (Fsp3) is 0.500. The fourth-order valence-electron chi connectivity index (χ4n) is 5.00. The molecule has 1 saturated heterocycles. The second-order valence-electron chi connectivity index (χ2n) is 7.48. The lowest BCUT2D eigenvalue weighted by Gasteiger charge is -2.40. The minimum atomic E-state index is -1.50. The van der Waals surface area contributed by atoms with Crippen LogP contribution in [0.1, 0.15) is 43.7 Å². The summed E-state index contributed by atoms with van der Waals surface area (Å²) in [4.78, 5) is 66.2. The van der Waals surface area contributed by atoms with Crippen LogP contribution in [0.4, 0.5) is 4.79 Å². The number of esters is 1. The van der Waals surface area contributed by atoms with Gasteiger partial charge in [0.15, 0.2) is 0 Å². The molecule has 1 saturated carbocycles. The highest BCUT2D eigenvalue weighted by molar-refractivity contribution is 9.10. The number of aromatic nitrogens is 1. The van der Waals surface area contributed by atoms with Crippen LogP contribution in [0.25, 0.3) is 0 Å². The Bertz CT molecular complexity index is 989. The Morgan fingerprint density at radius 2 is 1.72 bits per heavy atom. The molecule has 2 aliphatic heterocycles. The molecule has 1 aliphatic carbocycles. The van der Waals surface area contributed by atoms with E-state index in [0.29, 0.717) is 10.3 Å². The molecule has 3 aliphatic rings. The molecule has 0 spiro atoms. The zero-order chi connectivity index (χ0) is 21.4. The monoisotopic (exact) mass is 466 g/mol. The molecule has 0 bridgehead atoms. The van der Waals surface area contributed by atoms with Gasteiger partial charge in [-0.15, -0.1) is 0 Å². The van der Waals surface area contributed by atoms with Crippen LogP contribution < -0.4 is 0 Å². The van der Waals surface area contributed by atoms with Gasteiger partial charge in [-0.3, -0.25) is 33.9 Å².